The molecule has 0 radical (unpaired) electrons. The molecular formula is C22H30N4. The summed E-state index contributed by atoms with van der Waals surface area (Å²) in [5.74, 6) is 1.80. The van der Waals surface area contributed by atoms with Crippen LogP contribution in [-0.2, 0) is 10.8 Å². The van der Waals surface area contributed by atoms with Gasteiger partial charge in [-0.15, -0.1) is 0 Å². The third-order valence-electron chi connectivity index (χ3n) is 6.30. The zero-order valence-electron chi connectivity index (χ0n) is 16.4. The zero-order valence-corrected chi connectivity index (χ0v) is 16.4. The summed E-state index contributed by atoms with van der Waals surface area (Å²) < 4.78 is 0. The highest BCUT2D eigenvalue weighted by atomic mass is 15.2. The minimum absolute atomic E-state index is 0.195. The van der Waals surface area contributed by atoms with Crippen LogP contribution in [0.5, 0.6) is 0 Å². The van der Waals surface area contributed by atoms with E-state index in [0.717, 1.165) is 36.7 Å². The van der Waals surface area contributed by atoms with Crippen LogP contribution < -0.4 is 10.6 Å². The van der Waals surface area contributed by atoms with Gasteiger partial charge in [-0.25, -0.2) is 9.97 Å². The first-order valence-electron chi connectivity index (χ1n) is 9.75. The molecule has 0 amide bonds. The van der Waals surface area contributed by atoms with Crippen LogP contribution in [0, 0.1) is 0 Å². The maximum atomic E-state index is 6.06. The summed E-state index contributed by atoms with van der Waals surface area (Å²) in [4.78, 5) is 11.7. The maximum Gasteiger partial charge on any atom is 0.161 e. The van der Waals surface area contributed by atoms with Crippen LogP contribution >= 0.6 is 0 Å². The van der Waals surface area contributed by atoms with Crippen LogP contribution in [-0.4, -0.2) is 29.1 Å². The molecule has 0 bridgehead atoms. The summed E-state index contributed by atoms with van der Waals surface area (Å²) >= 11 is 0. The molecule has 0 saturated carbocycles. The standard InChI is InChI=1S/C22H30N4/c1-21(2)9-10-22(3,4)18-13-15(5-6-17(18)21)20-24-11-7-19(25-20)26-12-8-16(23)14-26/h5-7,11,13,16H,8-10,12,14,23H2,1-4H3/t16-/m0/s1. The van der Waals surface area contributed by atoms with Crippen molar-refractivity contribution in [1.82, 2.24) is 9.97 Å². The van der Waals surface area contributed by atoms with Crippen molar-refractivity contribution in [3.8, 4) is 11.4 Å². The van der Waals surface area contributed by atoms with Gasteiger partial charge in [0.05, 0.1) is 0 Å². The summed E-state index contributed by atoms with van der Waals surface area (Å²) in [6.07, 6.45) is 5.34. The third-order valence-corrected chi connectivity index (χ3v) is 6.30. The topological polar surface area (TPSA) is 55.0 Å². The largest absolute Gasteiger partial charge is 0.355 e. The first kappa shape index (κ1) is 17.5. The highest BCUT2D eigenvalue weighted by Crippen LogP contribution is 2.46. The smallest absolute Gasteiger partial charge is 0.161 e. The van der Waals surface area contributed by atoms with Crippen molar-refractivity contribution in [3.63, 3.8) is 0 Å². The molecule has 2 N–H and O–H groups in total. The van der Waals surface area contributed by atoms with Crippen LogP contribution in [0.3, 0.4) is 0 Å². The van der Waals surface area contributed by atoms with Crippen LogP contribution in [0.4, 0.5) is 5.82 Å². The van der Waals surface area contributed by atoms with Gasteiger partial charge in [0.15, 0.2) is 5.82 Å². The second kappa shape index (κ2) is 6.05. The average molecular weight is 351 g/mol. The summed E-state index contributed by atoms with van der Waals surface area (Å²) in [5, 5.41) is 0. The molecule has 1 aromatic heterocycles. The molecule has 2 aliphatic rings. The average Bonchev–Trinajstić information content (AvgIpc) is 3.05. The molecular weight excluding hydrogens is 320 g/mol. The predicted octanol–water partition coefficient (Wildman–Crippen LogP) is 4.03. The van der Waals surface area contributed by atoms with Gasteiger partial charge < -0.3 is 10.6 Å². The van der Waals surface area contributed by atoms with E-state index < -0.39 is 0 Å². The first-order chi connectivity index (χ1) is 12.3. The van der Waals surface area contributed by atoms with Crippen molar-refractivity contribution in [1.29, 1.82) is 0 Å². The normalized spacial score (nSPS) is 23.7. The molecule has 4 heteroatoms. The molecule has 2 aromatic rings. The maximum absolute atomic E-state index is 6.06. The Morgan fingerprint density at radius 3 is 2.46 bits per heavy atom. The van der Waals surface area contributed by atoms with E-state index in [0.29, 0.717) is 0 Å². The Bertz CT molecular complexity index is 825. The van der Waals surface area contributed by atoms with Crippen molar-refractivity contribution in [2.45, 2.75) is 63.8 Å². The highest BCUT2D eigenvalue weighted by molar-refractivity contribution is 5.61. The monoisotopic (exact) mass is 350 g/mol. The Labute approximate surface area is 156 Å². The van der Waals surface area contributed by atoms with Crippen molar-refractivity contribution in [3.05, 3.63) is 41.6 Å². The van der Waals surface area contributed by atoms with Crippen molar-refractivity contribution >= 4 is 5.82 Å². The van der Waals surface area contributed by atoms with E-state index in [4.69, 9.17) is 10.7 Å². The summed E-state index contributed by atoms with van der Waals surface area (Å²) in [6, 6.07) is 9.06. The quantitative estimate of drug-likeness (QED) is 0.888. The molecule has 0 unspecified atom stereocenters. The second-order valence-electron chi connectivity index (χ2n) is 9.26. The van der Waals surface area contributed by atoms with Gasteiger partial charge in [0.1, 0.15) is 5.82 Å². The highest BCUT2D eigenvalue weighted by Gasteiger charge is 2.37. The number of hydrogen-bond donors (Lipinski definition) is 1. The fourth-order valence-electron chi connectivity index (χ4n) is 4.39. The summed E-state index contributed by atoms with van der Waals surface area (Å²) in [6.45, 7) is 11.3. The van der Waals surface area contributed by atoms with Gasteiger partial charge in [-0.3, -0.25) is 0 Å². The third kappa shape index (κ3) is 3.01. The predicted molar refractivity (Wildman–Crippen MR) is 108 cm³/mol. The summed E-state index contributed by atoms with van der Waals surface area (Å²) in [5.41, 5.74) is 10.5. The Hall–Kier alpha value is -1.94. The van der Waals surface area contributed by atoms with E-state index >= 15 is 0 Å². The molecule has 1 aromatic carbocycles. The van der Waals surface area contributed by atoms with Crippen molar-refractivity contribution in [2.75, 3.05) is 18.0 Å². The zero-order chi connectivity index (χ0) is 18.5. The molecule has 1 aliphatic heterocycles. The van der Waals surface area contributed by atoms with E-state index in [1.807, 2.05) is 12.3 Å². The Kier molecular flexibility index (Phi) is 4.07. The number of rotatable bonds is 2. The minimum atomic E-state index is 0.195. The SMILES string of the molecule is CC1(C)CCC(C)(C)c2cc(-c3nccc(N4CC[C@H](N)C4)n3)ccc21. The number of nitrogens with two attached hydrogens (primary N) is 1. The van der Waals surface area contributed by atoms with Crippen molar-refractivity contribution < 1.29 is 0 Å². The number of nitrogens with zero attached hydrogens (tertiary/aromatic N) is 3. The lowest BCUT2D eigenvalue weighted by molar-refractivity contribution is 0.332. The number of hydrogen-bond acceptors (Lipinski definition) is 4. The molecule has 0 spiro atoms. The number of aromatic nitrogens is 2. The fraction of sp³-hybridized carbons (Fsp3) is 0.545. The Balaban J connectivity index is 1.73. The molecule has 1 saturated heterocycles. The van der Waals surface area contributed by atoms with Crippen LogP contribution in [0.1, 0.15) is 58.1 Å². The molecule has 1 atom stereocenters. The minimum Gasteiger partial charge on any atom is -0.355 e. The van der Waals surface area contributed by atoms with Crippen LogP contribution in [0.25, 0.3) is 11.4 Å². The lowest BCUT2D eigenvalue weighted by atomic mass is 9.63. The van der Waals surface area contributed by atoms with Crippen molar-refractivity contribution in [2.24, 2.45) is 5.73 Å². The Morgan fingerprint density at radius 1 is 1.04 bits per heavy atom. The van der Waals surface area contributed by atoms with E-state index in [2.05, 4.69) is 55.8 Å². The van der Waals surface area contributed by atoms with Gasteiger partial charge in [0.2, 0.25) is 0 Å². The van der Waals surface area contributed by atoms with E-state index in [-0.39, 0.29) is 16.9 Å². The molecule has 26 heavy (non-hydrogen) atoms. The number of benzene rings is 1. The van der Waals surface area contributed by atoms with Gasteiger partial charge in [-0.2, -0.15) is 0 Å². The van der Waals surface area contributed by atoms with Gasteiger partial charge in [0, 0.05) is 30.9 Å². The molecule has 1 aliphatic carbocycles. The molecule has 4 rings (SSSR count). The molecule has 2 heterocycles. The van der Waals surface area contributed by atoms with Gasteiger partial charge in [-0.05, 0) is 53.4 Å². The fourth-order valence-corrected chi connectivity index (χ4v) is 4.39. The van der Waals surface area contributed by atoms with Crippen LogP contribution in [0.2, 0.25) is 0 Å². The molecule has 4 nitrogen and oxygen atoms in total. The molecule has 138 valence electrons. The van der Waals surface area contributed by atoms with E-state index in [1.54, 1.807) is 0 Å². The lowest BCUT2D eigenvalue weighted by Crippen LogP contribution is -2.33. The number of fused-ring (bicyclic) bond motifs is 1. The van der Waals surface area contributed by atoms with E-state index in [9.17, 15) is 0 Å². The number of anilines is 1. The second-order valence-corrected chi connectivity index (χ2v) is 9.26. The van der Waals surface area contributed by atoms with Gasteiger partial charge in [-0.1, -0.05) is 39.8 Å². The summed E-state index contributed by atoms with van der Waals surface area (Å²) in [7, 11) is 0. The van der Waals surface area contributed by atoms with Gasteiger partial charge in [0.25, 0.3) is 0 Å². The Morgan fingerprint density at radius 2 is 1.77 bits per heavy atom. The lowest BCUT2D eigenvalue weighted by Gasteiger charge is -2.42. The van der Waals surface area contributed by atoms with E-state index in [1.165, 1.54) is 24.0 Å². The molecule has 1 fully saturated rings. The van der Waals surface area contributed by atoms with Crippen LogP contribution in [0.15, 0.2) is 30.5 Å². The van der Waals surface area contributed by atoms with Gasteiger partial charge >= 0.3 is 0 Å². The first-order valence-corrected chi connectivity index (χ1v) is 9.75.